The first-order valence-corrected chi connectivity index (χ1v) is 18.8. The standard InChI is InChI=1S/C20H38O3.C18H34O5/c1-9-17-13(5)11(3)15(7)19(21-17)23-20-16(8)12(4)14(6)18(10-2)22-20;1-9-11(3)15(7-19)21-17(13(9)5)23-18-14(6)10(2)12(4)16(8-20)22-18/h11-20H,9-10H2,1-8H3;9-20H,7-8H2,1-6H3/t11-,12-,13-,14-,15+,16+,17+,18+,19+,20+;9-,10-,11-,12-,13+,14+,15+,16+,17+,18+/m00/s1. The van der Waals surface area contributed by atoms with Crippen LogP contribution in [0.15, 0.2) is 0 Å². The number of hydrogen-bond donors (Lipinski definition) is 2. The maximum atomic E-state index is 9.55. The lowest BCUT2D eigenvalue weighted by atomic mass is 9.77. The van der Waals surface area contributed by atoms with Gasteiger partial charge < -0.3 is 38.6 Å². The summed E-state index contributed by atoms with van der Waals surface area (Å²) < 4.78 is 37.2. The molecule has 272 valence electrons. The minimum absolute atomic E-state index is 0.00582. The van der Waals surface area contributed by atoms with Crippen LogP contribution in [0.4, 0.5) is 0 Å². The van der Waals surface area contributed by atoms with E-state index >= 15 is 0 Å². The Balaban J connectivity index is 0.000000250. The van der Waals surface area contributed by atoms with Crippen LogP contribution in [0.25, 0.3) is 0 Å². The van der Waals surface area contributed by atoms with Crippen molar-refractivity contribution in [3.8, 4) is 0 Å². The lowest BCUT2D eigenvalue weighted by Crippen LogP contribution is -2.53. The summed E-state index contributed by atoms with van der Waals surface area (Å²) in [4.78, 5) is 0. The maximum absolute atomic E-state index is 9.55. The summed E-state index contributed by atoms with van der Waals surface area (Å²) in [5, 5.41) is 19.1. The second kappa shape index (κ2) is 17.6. The highest BCUT2D eigenvalue weighted by molar-refractivity contribution is 4.87. The minimum atomic E-state index is -0.384. The third-order valence-electron chi connectivity index (χ3n) is 13.6. The van der Waals surface area contributed by atoms with Crippen molar-refractivity contribution in [1.82, 2.24) is 0 Å². The molecule has 0 bridgehead atoms. The predicted octanol–water partition coefficient (Wildman–Crippen LogP) is 7.34. The highest BCUT2D eigenvalue weighted by Gasteiger charge is 2.46. The molecular formula is C38H72O8. The van der Waals surface area contributed by atoms with Gasteiger partial charge in [-0.1, -0.05) is 96.9 Å². The zero-order valence-corrected chi connectivity index (χ0v) is 31.7. The molecule has 2 N–H and O–H groups in total. The molecule has 4 rings (SSSR count). The summed E-state index contributed by atoms with van der Waals surface area (Å²) in [6, 6.07) is 0. The monoisotopic (exact) mass is 657 g/mol. The summed E-state index contributed by atoms with van der Waals surface area (Å²) in [5.41, 5.74) is 0. The van der Waals surface area contributed by atoms with E-state index in [0.717, 1.165) is 12.8 Å². The van der Waals surface area contributed by atoms with Crippen molar-refractivity contribution in [2.45, 2.75) is 159 Å². The Morgan fingerprint density at radius 2 is 0.565 bits per heavy atom. The Hall–Kier alpha value is -0.320. The van der Waals surface area contributed by atoms with Crippen molar-refractivity contribution in [1.29, 1.82) is 0 Å². The smallest absolute Gasteiger partial charge is 0.164 e. The third-order valence-corrected chi connectivity index (χ3v) is 13.6. The molecule has 0 aliphatic carbocycles. The molecule has 8 heteroatoms. The SMILES string of the molecule is CC[C@H]1O[C@H](O[C@H]2O[C@H](CC)[C@@H](C)[C@H](C)[C@H]2C)[C@H](C)[C@@H](C)[C@@H]1C.C[C@@H]1[C@@H](C)[C@@H](O[C@H]2O[C@H](CO)[C@@H](C)[C@H](C)[C@H]2C)O[C@H](CO)[C@H]1C. The highest BCUT2D eigenvalue weighted by Crippen LogP contribution is 2.42. The summed E-state index contributed by atoms with van der Waals surface area (Å²) >= 11 is 0. The average Bonchev–Trinajstić information content (AvgIpc) is 3.05. The molecule has 4 fully saturated rings. The van der Waals surface area contributed by atoms with Crippen molar-refractivity contribution in [2.24, 2.45) is 71.0 Å². The van der Waals surface area contributed by atoms with Gasteiger partial charge in [0.25, 0.3) is 0 Å². The third kappa shape index (κ3) is 8.69. The Morgan fingerprint density at radius 1 is 0.348 bits per heavy atom. The van der Waals surface area contributed by atoms with E-state index in [-0.39, 0.29) is 62.4 Å². The van der Waals surface area contributed by atoms with Crippen LogP contribution in [0.1, 0.15) is 110 Å². The molecule has 0 aromatic heterocycles. The predicted molar refractivity (Wildman–Crippen MR) is 182 cm³/mol. The summed E-state index contributed by atoms with van der Waals surface area (Å²) in [5.74, 6) is 5.03. The van der Waals surface area contributed by atoms with E-state index in [0.29, 0.717) is 71.4 Å². The van der Waals surface area contributed by atoms with E-state index in [2.05, 4.69) is 96.9 Å². The molecule has 20 atom stereocenters. The van der Waals surface area contributed by atoms with Gasteiger partial charge in [0.2, 0.25) is 0 Å². The summed E-state index contributed by atoms with van der Waals surface area (Å²) in [6.45, 7) is 31.1. The van der Waals surface area contributed by atoms with Gasteiger partial charge in [0.05, 0.1) is 37.6 Å². The molecule has 4 aliphatic rings. The van der Waals surface area contributed by atoms with E-state index in [1.54, 1.807) is 0 Å². The Kier molecular flexibility index (Phi) is 15.3. The van der Waals surface area contributed by atoms with E-state index in [1.165, 1.54) is 0 Å². The molecule has 4 aliphatic heterocycles. The lowest BCUT2D eigenvalue weighted by Gasteiger charge is -2.48. The largest absolute Gasteiger partial charge is 0.394 e. The second-order valence-corrected chi connectivity index (χ2v) is 15.9. The van der Waals surface area contributed by atoms with E-state index in [9.17, 15) is 10.2 Å². The van der Waals surface area contributed by atoms with Crippen LogP contribution >= 0.6 is 0 Å². The molecule has 4 saturated heterocycles. The van der Waals surface area contributed by atoms with Gasteiger partial charge in [-0.25, -0.2) is 0 Å². The zero-order valence-electron chi connectivity index (χ0n) is 31.7. The van der Waals surface area contributed by atoms with Gasteiger partial charge in [0.1, 0.15) is 0 Å². The molecule has 0 amide bonds. The van der Waals surface area contributed by atoms with Gasteiger partial charge in [0, 0.05) is 23.7 Å². The number of aliphatic hydroxyl groups is 2. The average molecular weight is 657 g/mol. The molecule has 0 spiro atoms. The molecule has 46 heavy (non-hydrogen) atoms. The summed E-state index contributed by atoms with van der Waals surface area (Å²) in [7, 11) is 0. The Morgan fingerprint density at radius 3 is 0.783 bits per heavy atom. The van der Waals surface area contributed by atoms with Crippen molar-refractivity contribution in [2.75, 3.05) is 13.2 Å². The molecule has 4 heterocycles. The maximum Gasteiger partial charge on any atom is 0.164 e. The molecule has 0 radical (unpaired) electrons. The highest BCUT2D eigenvalue weighted by atomic mass is 16.8. The van der Waals surface area contributed by atoms with Gasteiger partial charge in [-0.15, -0.1) is 0 Å². The first-order chi connectivity index (χ1) is 21.6. The van der Waals surface area contributed by atoms with Crippen LogP contribution < -0.4 is 0 Å². The van der Waals surface area contributed by atoms with E-state index in [1.807, 2.05) is 0 Å². The Labute approximate surface area is 281 Å². The molecule has 0 unspecified atom stereocenters. The van der Waals surface area contributed by atoms with Gasteiger partial charge in [0.15, 0.2) is 25.2 Å². The number of aliphatic hydroxyl groups excluding tert-OH is 2. The Bertz CT molecular complexity index is 743. The van der Waals surface area contributed by atoms with Crippen LogP contribution in [0, 0.1) is 71.0 Å². The van der Waals surface area contributed by atoms with Crippen molar-refractivity contribution in [3.05, 3.63) is 0 Å². The topological polar surface area (TPSA) is 95.8 Å². The van der Waals surface area contributed by atoms with Gasteiger partial charge in [-0.3, -0.25) is 0 Å². The molecule has 0 aromatic rings. The zero-order chi connectivity index (χ0) is 34.6. The molecule has 0 aromatic carbocycles. The lowest BCUT2D eigenvalue weighted by molar-refractivity contribution is -0.343. The fourth-order valence-corrected chi connectivity index (χ4v) is 8.18. The molecular weight excluding hydrogens is 584 g/mol. The summed E-state index contributed by atoms with van der Waals surface area (Å²) in [6.07, 6.45) is 1.23. The fourth-order valence-electron chi connectivity index (χ4n) is 8.18. The quantitative estimate of drug-likeness (QED) is 0.280. The number of hydrogen-bond acceptors (Lipinski definition) is 8. The minimum Gasteiger partial charge on any atom is -0.394 e. The van der Waals surface area contributed by atoms with Crippen LogP contribution in [0.2, 0.25) is 0 Å². The van der Waals surface area contributed by atoms with Crippen LogP contribution in [0.5, 0.6) is 0 Å². The molecule has 0 saturated carbocycles. The van der Waals surface area contributed by atoms with Crippen molar-refractivity contribution in [3.63, 3.8) is 0 Å². The van der Waals surface area contributed by atoms with Gasteiger partial charge in [-0.2, -0.15) is 0 Å². The normalized spacial score (nSPS) is 51.7. The second-order valence-electron chi connectivity index (χ2n) is 15.9. The first kappa shape index (κ1) is 40.1. The van der Waals surface area contributed by atoms with Crippen LogP contribution in [0.3, 0.4) is 0 Å². The van der Waals surface area contributed by atoms with E-state index in [4.69, 9.17) is 28.4 Å². The van der Waals surface area contributed by atoms with E-state index < -0.39 is 0 Å². The van der Waals surface area contributed by atoms with Crippen molar-refractivity contribution >= 4 is 0 Å². The van der Waals surface area contributed by atoms with Crippen LogP contribution in [-0.2, 0) is 28.4 Å². The van der Waals surface area contributed by atoms with Crippen molar-refractivity contribution < 1.29 is 38.6 Å². The van der Waals surface area contributed by atoms with Gasteiger partial charge in [-0.05, 0) is 60.2 Å². The number of rotatable bonds is 8. The first-order valence-electron chi connectivity index (χ1n) is 18.8. The number of ether oxygens (including phenoxy) is 6. The van der Waals surface area contributed by atoms with Gasteiger partial charge >= 0.3 is 0 Å². The fraction of sp³-hybridized carbons (Fsp3) is 1.00. The molecule has 8 nitrogen and oxygen atoms in total. The van der Waals surface area contributed by atoms with Crippen LogP contribution in [-0.4, -0.2) is 73.0 Å².